The zero-order valence-electron chi connectivity index (χ0n) is 29.9. The fourth-order valence-corrected chi connectivity index (χ4v) is 7.51. The highest BCUT2D eigenvalue weighted by atomic mass is 16.2. The van der Waals surface area contributed by atoms with Crippen LogP contribution in [0.2, 0.25) is 0 Å². The molecule has 1 atom stereocenters. The number of nitrogens with zero attached hydrogens (tertiary/aromatic N) is 10. The molecular formula is C37H41N13O3. The van der Waals surface area contributed by atoms with E-state index in [9.17, 15) is 14.4 Å². The molecular weight excluding hydrogens is 674 g/mol. The van der Waals surface area contributed by atoms with Crippen molar-refractivity contribution in [2.24, 2.45) is 7.05 Å². The second-order valence-corrected chi connectivity index (χ2v) is 13.7. The number of hydrogen-bond acceptors (Lipinski definition) is 11. The maximum atomic E-state index is 12.9. The molecule has 3 amide bonds. The zero-order valence-corrected chi connectivity index (χ0v) is 29.9. The molecule has 272 valence electrons. The molecule has 3 N–H and O–H groups in total. The van der Waals surface area contributed by atoms with E-state index in [1.807, 2.05) is 48.5 Å². The Kier molecular flexibility index (Phi) is 9.04. The van der Waals surface area contributed by atoms with Gasteiger partial charge in [-0.25, -0.2) is 4.98 Å². The van der Waals surface area contributed by atoms with Crippen LogP contribution in [0, 0.1) is 0 Å². The predicted octanol–water partition coefficient (Wildman–Crippen LogP) is 3.46. The van der Waals surface area contributed by atoms with Crippen LogP contribution in [0.15, 0.2) is 60.9 Å². The monoisotopic (exact) mass is 715 g/mol. The highest BCUT2D eigenvalue weighted by Crippen LogP contribution is 2.45. The van der Waals surface area contributed by atoms with Crippen molar-refractivity contribution >= 4 is 40.6 Å². The molecule has 7 heterocycles. The highest BCUT2D eigenvalue weighted by molar-refractivity contribution is 6.04. The first-order valence-electron chi connectivity index (χ1n) is 17.8. The summed E-state index contributed by atoms with van der Waals surface area (Å²) in [5, 5.41) is 26.1. The molecule has 1 aromatic carbocycles. The Labute approximate surface area is 306 Å². The molecule has 16 nitrogen and oxygen atoms in total. The minimum absolute atomic E-state index is 0.0220. The first-order valence-corrected chi connectivity index (χ1v) is 17.8. The van der Waals surface area contributed by atoms with Gasteiger partial charge in [0, 0.05) is 77.3 Å². The van der Waals surface area contributed by atoms with Gasteiger partial charge < -0.3 is 25.8 Å². The van der Waals surface area contributed by atoms with Crippen LogP contribution in [0.1, 0.15) is 68.2 Å². The summed E-state index contributed by atoms with van der Waals surface area (Å²) in [4.78, 5) is 49.8. The van der Waals surface area contributed by atoms with Gasteiger partial charge in [0.25, 0.3) is 17.7 Å². The number of para-hydroxylation sites is 1. The summed E-state index contributed by atoms with van der Waals surface area (Å²) in [7, 11) is 5.29. The topological polar surface area (TPSA) is 171 Å². The van der Waals surface area contributed by atoms with Crippen molar-refractivity contribution in [3.63, 3.8) is 0 Å². The first kappa shape index (κ1) is 34.0. The quantitative estimate of drug-likeness (QED) is 0.204. The number of carbonyl (C=O) groups is 3. The Morgan fingerprint density at radius 3 is 2.53 bits per heavy atom. The Morgan fingerprint density at radius 1 is 0.906 bits per heavy atom. The molecule has 3 aliphatic rings. The fourth-order valence-electron chi connectivity index (χ4n) is 7.51. The highest BCUT2D eigenvalue weighted by Gasteiger charge is 2.32. The number of likely N-dealkylation sites (tertiary alicyclic amines) is 2. The van der Waals surface area contributed by atoms with Gasteiger partial charge in [-0.2, -0.15) is 10.2 Å². The molecule has 2 saturated heterocycles. The van der Waals surface area contributed by atoms with E-state index < -0.39 is 11.8 Å². The van der Waals surface area contributed by atoms with Crippen LogP contribution < -0.4 is 20.9 Å². The maximum absolute atomic E-state index is 12.9. The summed E-state index contributed by atoms with van der Waals surface area (Å²) in [6, 6.07) is 15.1. The average Bonchev–Trinajstić information content (AvgIpc) is 4.00. The van der Waals surface area contributed by atoms with Crippen molar-refractivity contribution in [3.8, 4) is 11.1 Å². The predicted molar refractivity (Wildman–Crippen MR) is 198 cm³/mol. The summed E-state index contributed by atoms with van der Waals surface area (Å²) in [5.74, 6) is -0.675. The third-order valence-corrected chi connectivity index (χ3v) is 10.1. The van der Waals surface area contributed by atoms with E-state index in [4.69, 9.17) is 10.1 Å². The average molecular weight is 716 g/mol. The van der Waals surface area contributed by atoms with Crippen LogP contribution in [0.3, 0.4) is 0 Å². The smallest absolute Gasteiger partial charge is 0.277 e. The van der Waals surface area contributed by atoms with Gasteiger partial charge in [0.15, 0.2) is 17.2 Å². The molecule has 16 heteroatoms. The van der Waals surface area contributed by atoms with E-state index in [1.54, 1.807) is 25.4 Å². The number of aromatic nitrogens is 7. The van der Waals surface area contributed by atoms with E-state index >= 15 is 0 Å². The first-order chi connectivity index (χ1) is 25.7. The van der Waals surface area contributed by atoms with E-state index in [2.05, 4.69) is 51.8 Å². The SMILES string of the molecule is CNC(=O)c1nnc(NC(=O)c2ccn(C)n2)cc1Nc1cccc2c1N(C)Cc1c-2cnn1C1CCN(Cc2cccc(C(=O)N3CCCC3)n2)C1. The number of rotatable bonds is 9. The Morgan fingerprint density at radius 2 is 1.74 bits per heavy atom. The van der Waals surface area contributed by atoms with E-state index in [1.165, 1.54) is 11.7 Å². The molecule has 5 aromatic rings. The van der Waals surface area contributed by atoms with Gasteiger partial charge >= 0.3 is 0 Å². The second kappa shape index (κ2) is 14.1. The lowest BCUT2D eigenvalue weighted by Gasteiger charge is -2.31. The largest absolute Gasteiger partial charge is 0.366 e. The number of anilines is 4. The minimum Gasteiger partial charge on any atom is -0.366 e. The molecule has 4 aromatic heterocycles. The zero-order chi connectivity index (χ0) is 36.6. The Balaban J connectivity index is 1.01. The van der Waals surface area contributed by atoms with Crippen molar-refractivity contribution in [2.45, 2.75) is 38.4 Å². The fraction of sp³-hybridized carbons (Fsp3) is 0.351. The normalized spacial score (nSPS) is 16.7. The molecule has 0 bridgehead atoms. The summed E-state index contributed by atoms with van der Waals surface area (Å²) in [5.41, 5.74) is 7.02. The van der Waals surface area contributed by atoms with Gasteiger partial charge in [-0.05, 0) is 43.5 Å². The van der Waals surface area contributed by atoms with Gasteiger partial charge in [-0.3, -0.25) is 28.6 Å². The van der Waals surface area contributed by atoms with Crippen LogP contribution in [0.5, 0.6) is 0 Å². The van der Waals surface area contributed by atoms with Crippen LogP contribution in [-0.2, 0) is 20.1 Å². The Bertz CT molecular complexity index is 2210. The standard InChI is InChI=1S/C37H41N13O3/c1-38-36(52)33-30(18-32(43-44-33)42-35(51)28-13-16-47(3)45-28)41-27-10-7-9-25-26-19-39-50(31(26)22-46(2)34(25)27)24-12-17-48(21-24)20-23-8-6-11-29(40-23)37(53)49-14-4-5-15-49/h6-11,13,16,18-19,24H,4-5,12,14-15,17,20-22H2,1-3H3,(H,38,52)(H2,41,42,43,51). The summed E-state index contributed by atoms with van der Waals surface area (Å²) >= 11 is 0. The number of pyridine rings is 1. The lowest BCUT2D eigenvalue weighted by atomic mass is 9.97. The molecule has 3 aliphatic heterocycles. The van der Waals surface area contributed by atoms with Crippen molar-refractivity contribution in [3.05, 3.63) is 89.4 Å². The van der Waals surface area contributed by atoms with Gasteiger partial charge in [-0.15, -0.1) is 10.2 Å². The van der Waals surface area contributed by atoms with E-state index in [-0.39, 0.29) is 29.2 Å². The number of hydrogen-bond donors (Lipinski definition) is 3. The van der Waals surface area contributed by atoms with Crippen LogP contribution in [0.25, 0.3) is 11.1 Å². The number of amides is 3. The number of nitrogens with one attached hydrogen (secondary N) is 3. The third kappa shape index (κ3) is 6.68. The molecule has 53 heavy (non-hydrogen) atoms. The molecule has 0 radical (unpaired) electrons. The molecule has 0 aliphatic carbocycles. The molecule has 2 fully saturated rings. The van der Waals surface area contributed by atoms with Crippen LogP contribution in [0.4, 0.5) is 22.9 Å². The van der Waals surface area contributed by atoms with Gasteiger partial charge in [-0.1, -0.05) is 18.2 Å². The summed E-state index contributed by atoms with van der Waals surface area (Å²) < 4.78 is 3.71. The number of benzene rings is 1. The van der Waals surface area contributed by atoms with Crippen molar-refractivity contribution < 1.29 is 14.4 Å². The lowest BCUT2D eigenvalue weighted by Crippen LogP contribution is -2.29. The number of fused-ring (bicyclic) bond motifs is 3. The minimum atomic E-state index is -0.444. The molecule has 0 saturated carbocycles. The molecule has 0 spiro atoms. The number of aryl methyl sites for hydroxylation is 1. The van der Waals surface area contributed by atoms with Crippen molar-refractivity contribution in [2.75, 3.05) is 55.8 Å². The van der Waals surface area contributed by atoms with E-state index in [0.717, 1.165) is 79.3 Å². The van der Waals surface area contributed by atoms with E-state index in [0.29, 0.717) is 24.5 Å². The third-order valence-electron chi connectivity index (χ3n) is 10.1. The van der Waals surface area contributed by atoms with Gasteiger partial charge in [0.05, 0.1) is 47.2 Å². The van der Waals surface area contributed by atoms with Crippen molar-refractivity contribution in [1.82, 2.24) is 49.9 Å². The Hall–Kier alpha value is -6.16. The molecule has 8 rings (SSSR count). The summed E-state index contributed by atoms with van der Waals surface area (Å²) in [6.07, 6.45) is 6.68. The van der Waals surface area contributed by atoms with Crippen LogP contribution in [-0.4, -0.2) is 103 Å². The van der Waals surface area contributed by atoms with Gasteiger partial charge in [0.2, 0.25) is 0 Å². The summed E-state index contributed by atoms with van der Waals surface area (Å²) in [6.45, 7) is 4.65. The number of carbonyl (C=O) groups excluding carboxylic acids is 3. The maximum Gasteiger partial charge on any atom is 0.277 e. The van der Waals surface area contributed by atoms with Crippen molar-refractivity contribution in [1.29, 1.82) is 0 Å². The lowest BCUT2D eigenvalue weighted by molar-refractivity contribution is 0.0786. The molecule has 1 unspecified atom stereocenters. The second-order valence-electron chi connectivity index (χ2n) is 13.7. The van der Waals surface area contributed by atoms with Gasteiger partial charge in [0.1, 0.15) is 5.69 Å². The van der Waals surface area contributed by atoms with Crippen LogP contribution >= 0.6 is 0 Å².